The molecule has 5 rings (SSSR count). The van der Waals surface area contributed by atoms with Gasteiger partial charge in [0.2, 0.25) is 0 Å². The number of nitrogens with zero attached hydrogens (tertiary/aromatic N) is 7. The van der Waals surface area contributed by atoms with Gasteiger partial charge in [-0.15, -0.1) is 0 Å². The standard InChI is InChI=1S/C20H21N7/c21-13-15-16-5-2-4-8-27(16)19-18(15)23-14-24-20(19)26-11-9-25(10-12-26)17-6-1-3-7-22-17/h1,3,6-7,14H,2,4-5,8-12H2. The van der Waals surface area contributed by atoms with E-state index in [1.807, 2.05) is 18.3 Å². The Bertz CT molecular complexity index is 1010. The van der Waals surface area contributed by atoms with Crippen molar-refractivity contribution in [3.05, 3.63) is 42.0 Å². The van der Waals surface area contributed by atoms with Gasteiger partial charge in [0.25, 0.3) is 0 Å². The Morgan fingerprint density at radius 1 is 0.926 bits per heavy atom. The summed E-state index contributed by atoms with van der Waals surface area (Å²) >= 11 is 0. The van der Waals surface area contributed by atoms with Crippen LogP contribution in [0.3, 0.4) is 0 Å². The average molecular weight is 359 g/mol. The number of nitriles is 1. The second-order valence-electron chi connectivity index (χ2n) is 7.10. The third-order valence-electron chi connectivity index (χ3n) is 5.63. The van der Waals surface area contributed by atoms with Crippen molar-refractivity contribution in [3.63, 3.8) is 0 Å². The molecule has 0 bridgehead atoms. The van der Waals surface area contributed by atoms with Crippen molar-refractivity contribution in [1.82, 2.24) is 19.5 Å². The Hall–Kier alpha value is -3.14. The molecular weight excluding hydrogens is 338 g/mol. The van der Waals surface area contributed by atoms with E-state index in [-0.39, 0.29) is 0 Å². The highest BCUT2D eigenvalue weighted by Gasteiger charge is 2.27. The van der Waals surface area contributed by atoms with Gasteiger partial charge in [-0.1, -0.05) is 6.07 Å². The lowest BCUT2D eigenvalue weighted by Crippen LogP contribution is -2.47. The van der Waals surface area contributed by atoms with E-state index < -0.39 is 0 Å². The lowest BCUT2D eigenvalue weighted by molar-refractivity contribution is 0.542. The molecule has 0 atom stereocenters. The molecule has 2 aliphatic rings. The average Bonchev–Trinajstić information content (AvgIpc) is 3.08. The lowest BCUT2D eigenvalue weighted by atomic mass is 10.1. The summed E-state index contributed by atoms with van der Waals surface area (Å²) in [5, 5.41) is 9.69. The summed E-state index contributed by atoms with van der Waals surface area (Å²) in [4.78, 5) is 18.2. The molecule has 1 fully saturated rings. The van der Waals surface area contributed by atoms with Gasteiger partial charge in [0.1, 0.15) is 29.2 Å². The fourth-order valence-electron chi connectivity index (χ4n) is 4.31. The van der Waals surface area contributed by atoms with Crippen LogP contribution in [0.15, 0.2) is 30.7 Å². The van der Waals surface area contributed by atoms with Crippen molar-refractivity contribution in [2.24, 2.45) is 0 Å². The summed E-state index contributed by atoms with van der Waals surface area (Å²) in [6, 6.07) is 8.42. The number of rotatable bonds is 2. The summed E-state index contributed by atoms with van der Waals surface area (Å²) in [6.45, 7) is 4.51. The topological polar surface area (TPSA) is 73.9 Å². The molecule has 27 heavy (non-hydrogen) atoms. The molecule has 0 spiro atoms. The maximum absolute atomic E-state index is 9.69. The number of anilines is 2. The highest BCUT2D eigenvalue weighted by atomic mass is 15.3. The van der Waals surface area contributed by atoms with E-state index in [4.69, 9.17) is 0 Å². The van der Waals surface area contributed by atoms with Gasteiger partial charge < -0.3 is 14.4 Å². The first-order valence-corrected chi connectivity index (χ1v) is 9.54. The number of aromatic nitrogens is 4. The smallest absolute Gasteiger partial charge is 0.156 e. The van der Waals surface area contributed by atoms with Gasteiger partial charge in [0, 0.05) is 44.6 Å². The number of pyridine rings is 1. The zero-order chi connectivity index (χ0) is 18.2. The van der Waals surface area contributed by atoms with Crippen LogP contribution >= 0.6 is 0 Å². The van der Waals surface area contributed by atoms with Crippen LogP contribution in [0.4, 0.5) is 11.6 Å². The molecule has 0 aliphatic carbocycles. The van der Waals surface area contributed by atoms with E-state index in [9.17, 15) is 5.26 Å². The first kappa shape index (κ1) is 16.1. The molecule has 3 aromatic rings. The van der Waals surface area contributed by atoms with Gasteiger partial charge in [-0.3, -0.25) is 0 Å². The lowest BCUT2D eigenvalue weighted by Gasteiger charge is -2.36. The number of piperazine rings is 1. The van der Waals surface area contributed by atoms with Gasteiger partial charge in [-0.25, -0.2) is 15.0 Å². The summed E-state index contributed by atoms with van der Waals surface area (Å²) < 4.78 is 2.29. The van der Waals surface area contributed by atoms with Crippen LogP contribution in [0, 0.1) is 11.3 Å². The first-order chi connectivity index (χ1) is 13.4. The molecule has 0 aromatic carbocycles. The number of aryl methyl sites for hydroxylation is 1. The van der Waals surface area contributed by atoms with Crippen LogP contribution in [0.1, 0.15) is 24.1 Å². The Labute approximate surface area is 157 Å². The molecule has 0 N–H and O–H groups in total. The Morgan fingerprint density at radius 3 is 2.56 bits per heavy atom. The minimum absolute atomic E-state index is 0.737. The zero-order valence-electron chi connectivity index (χ0n) is 15.2. The van der Waals surface area contributed by atoms with Gasteiger partial charge in [-0.05, 0) is 31.4 Å². The molecular formula is C20H21N7. The zero-order valence-corrected chi connectivity index (χ0v) is 15.2. The predicted octanol–water partition coefficient (Wildman–Crippen LogP) is 2.36. The molecule has 0 saturated carbocycles. The van der Waals surface area contributed by atoms with Crippen LogP contribution in [0.2, 0.25) is 0 Å². The van der Waals surface area contributed by atoms with Crippen LogP contribution in [-0.2, 0) is 13.0 Å². The fraction of sp³-hybridized carbons (Fsp3) is 0.400. The van der Waals surface area contributed by atoms with Crippen molar-refractivity contribution in [2.75, 3.05) is 36.0 Å². The van der Waals surface area contributed by atoms with Crippen LogP contribution in [0.5, 0.6) is 0 Å². The van der Waals surface area contributed by atoms with E-state index in [1.165, 1.54) is 0 Å². The van der Waals surface area contributed by atoms with Gasteiger partial charge in [0.05, 0.1) is 5.56 Å². The molecule has 5 heterocycles. The Morgan fingerprint density at radius 2 is 1.78 bits per heavy atom. The van der Waals surface area contributed by atoms with E-state index in [2.05, 4.69) is 41.5 Å². The molecule has 7 heteroatoms. The summed E-state index contributed by atoms with van der Waals surface area (Å²) in [7, 11) is 0. The first-order valence-electron chi connectivity index (χ1n) is 9.54. The molecule has 136 valence electrons. The van der Waals surface area contributed by atoms with Crippen molar-refractivity contribution >= 4 is 22.7 Å². The number of hydrogen-bond donors (Lipinski definition) is 0. The quantitative estimate of drug-likeness (QED) is 0.699. The molecule has 2 aliphatic heterocycles. The van der Waals surface area contributed by atoms with E-state index >= 15 is 0 Å². The normalized spacial score (nSPS) is 17.0. The summed E-state index contributed by atoms with van der Waals surface area (Å²) in [6.07, 6.45) is 6.67. The second kappa shape index (κ2) is 6.54. The summed E-state index contributed by atoms with van der Waals surface area (Å²) in [5.74, 6) is 1.99. The maximum Gasteiger partial charge on any atom is 0.156 e. The molecule has 0 unspecified atom stereocenters. The molecule has 1 saturated heterocycles. The van der Waals surface area contributed by atoms with Crippen LogP contribution < -0.4 is 9.80 Å². The van der Waals surface area contributed by atoms with E-state index in [0.717, 1.165) is 85.9 Å². The Balaban J connectivity index is 1.50. The molecule has 0 radical (unpaired) electrons. The molecule has 0 amide bonds. The highest BCUT2D eigenvalue weighted by Crippen LogP contribution is 2.34. The highest BCUT2D eigenvalue weighted by molar-refractivity contribution is 5.92. The van der Waals surface area contributed by atoms with E-state index in [0.29, 0.717) is 0 Å². The third kappa shape index (κ3) is 2.60. The maximum atomic E-state index is 9.69. The van der Waals surface area contributed by atoms with Crippen LogP contribution in [-0.4, -0.2) is 45.7 Å². The van der Waals surface area contributed by atoms with Gasteiger partial charge in [-0.2, -0.15) is 5.26 Å². The minimum Gasteiger partial charge on any atom is -0.353 e. The van der Waals surface area contributed by atoms with Gasteiger partial charge >= 0.3 is 0 Å². The number of hydrogen-bond acceptors (Lipinski definition) is 6. The summed E-state index contributed by atoms with van der Waals surface area (Å²) in [5.41, 5.74) is 3.72. The van der Waals surface area contributed by atoms with Crippen LogP contribution in [0.25, 0.3) is 11.0 Å². The minimum atomic E-state index is 0.737. The second-order valence-corrected chi connectivity index (χ2v) is 7.10. The fourth-order valence-corrected chi connectivity index (χ4v) is 4.31. The SMILES string of the molecule is N#Cc1c2n(c3c(N4CCN(c5ccccn5)CC4)ncnc13)CCCC2. The molecule has 7 nitrogen and oxygen atoms in total. The number of fused-ring (bicyclic) bond motifs is 3. The predicted molar refractivity (Wildman–Crippen MR) is 104 cm³/mol. The van der Waals surface area contributed by atoms with E-state index in [1.54, 1.807) is 6.33 Å². The van der Waals surface area contributed by atoms with Gasteiger partial charge in [0.15, 0.2) is 5.82 Å². The van der Waals surface area contributed by atoms with Crippen molar-refractivity contribution in [3.8, 4) is 6.07 Å². The van der Waals surface area contributed by atoms with Crippen molar-refractivity contribution in [2.45, 2.75) is 25.8 Å². The largest absolute Gasteiger partial charge is 0.353 e. The molecule has 3 aromatic heterocycles. The Kier molecular flexibility index (Phi) is 3.89. The monoisotopic (exact) mass is 359 g/mol. The van der Waals surface area contributed by atoms with Crippen molar-refractivity contribution < 1.29 is 0 Å². The third-order valence-corrected chi connectivity index (χ3v) is 5.63. The van der Waals surface area contributed by atoms with Crippen molar-refractivity contribution in [1.29, 1.82) is 5.26 Å².